The summed E-state index contributed by atoms with van der Waals surface area (Å²) in [5, 5.41) is 3.61. The molecule has 0 spiro atoms. The summed E-state index contributed by atoms with van der Waals surface area (Å²) < 4.78 is 5.51. The van der Waals surface area contributed by atoms with E-state index in [9.17, 15) is 14.4 Å². The van der Waals surface area contributed by atoms with Gasteiger partial charge in [-0.3, -0.25) is 14.5 Å². The maximum absolute atomic E-state index is 13.4. The average molecular weight is 583 g/mol. The lowest BCUT2D eigenvalue weighted by Gasteiger charge is -2.48. The van der Waals surface area contributed by atoms with Crippen LogP contribution in [0, 0.1) is 0 Å². The highest BCUT2D eigenvalue weighted by molar-refractivity contribution is 6.22. The average Bonchev–Trinajstić information content (AvgIpc) is 3.17. The lowest BCUT2D eigenvalue weighted by Crippen LogP contribution is -2.62. The number of esters is 1. The number of nitrogens with one attached hydrogen (secondary N) is 1. The molecule has 2 amide bonds. The van der Waals surface area contributed by atoms with E-state index in [-0.39, 0.29) is 28.9 Å². The van der Waals surface area contributed by atoms with Crippen molar-refractivity contribution < 1.29 is 19.1 Å². The number of imide groups is 1. The number of amides is 2. The number of benzene rings is 1. The first-order valence-electron chi connectivity index (χ1n) is 17.0. The molecule has 6 heteroatoms. The van der Waals surface area contributed by atoms with Gasteiger partial charge in [0, 0.05) is 17.1 Å². The van der Waals surface area contributed by atoms with E-state index in [0.717, 1.165) is 12.8 Å². The van der Waals surface area contributed by atoms with E-state index < -0.39 is 5.97 Å². The molecule has 236 valence electrons. The Kier molecular flexibility index (Phi) is 13.5. The molecule has 2 aliphatic heterocycles. The highest BCUT2D eigenvalue weighted by atomic mass is 16.5. The molecule has 1 N–H and O–H groups in total. The van der Waals surface area contributed by atoms with Crippen LogP contribution in [0.25, 0.3) is 0 Å². The lowest BCUT2D eigenvalue weighted by molar-refractivity contribution is 0.0411. The molecule has 0 radical (unpaired) electrons. The number of unbranched alkanes of at least 4 members (excludes halogenated alkanes) is 15. The van der Waals surface area contributed by atoms with Crippen LogP contribution in [0.1, 0.15) is 181 Å². The van der Waals surface area contributed by atoms with Crippen LogP contribution in [0.15, 0.2) is 18.2 Å². The van der Waals surface area contributed by atoms with Crippen LogP contribution in [0.2, 0.25) is 0 Å². The third kappa shape index (κ3) is 10.5. The second kappa shape index (κ2) is 16.6. The summed E-state index contributed by atoms with van der Waals surface area (Å²) in [4.78, 5) is 40.7. The zero-order valence-corrected chi connectivity index (χ0v) is 27.3. The Morgan fingerprint density at radius 1 is 0.738 bits per heavy atom. The van der Waals surface area contributed by atoms with Crippen molar-refractivity contribution in [3.05, 3.63) is 34.9 Å². The van der Waals surface area contributed by atoms with Crippen molar-refractivity contribution in [1.82, 2.24) is 10.2 Å². The van der Waals surface area contributed by atoms with E-state index in [1.54, 1.807) is 18.2 Å². The van der Waals surface area contributed by atoms with E-state index in [2.05, 4.69) is 39.9 Å². The van der Waals surface area contributed by atoms with E-state index in [1.807, 2.05) is 0 Å². The molecule has 0 aliphatic carbocycles. The van der Waals surface area contributed by atoms with Gasteiger partial charge in [-0.1, -0.05) is 103 Å². The Hall–Kier alpha value is -2.21. The monoisotopic (exact) mass is 582 g/mol. The van der Waals surface area contributed by atoms with Gasteiger partial charge >= 0.3 is 5.97 Å². The molecule has 0 unspecified atom stereocenters. The molecule has 6 nitrogen and oxygen atoms in total. The first kappa shape index (κ1) is 34.3. The third-order valence-corrected chi connectivity index (χ3v) is 8.92. The molecule has 1 saturated heterocycles. The molecule has 1 aromatic rings. The van der Waals surface area contributed by atoms with E-state index in [1.165, 1.54) is 94.8 Å². The Morgan fingerprint density at radius 2 is 1.19 bits per heavy atom. The highest BCUT2D eigenvalue weighted by Crippen LogP contribution is 2.36. The van der Waals surface area contributed by atoms with Gasteiger partial charge in [-0.05, 0) is 65.2 Å². The smallest absolute Gasteiger partial charge is 0.338 e. The first-order chi connectivity index (χ1) is 20.0. The molecule has 42 heavy (non-hydrogen) atoms. The molecule has 2 heterocycles. The maximum Gasteiger partial charge on any atom is 0.338 e. The lowest BCUT2D eigenvalue weighted by atomic mass is 9.79. The second-order valence-corrected chi connectivity index (χ2v) is 14.1. The van der Waals surface area contributed by atoms with Crippen LogP contribution in [-0.4, -0.2) is 46.4 Å². The summed E-state index contributed by atoms with van der Waals surface area (Å²) in [7, 11) is 0. The topological polar surface area (TPSA) is 75.7 Å². The van der Waals surface area contributed by atoms with Crippen molar-refractivity contribution in [1.29, 1.82) is 0 Å². The molecule has 0 atom stereocenters. The van der Waals surface area contributed by atoms with E-state index in [0.29, 0.717) is 36.1 Å². The van der Waals surface area contributed by atoms with Crippen molar-refractivity contribution in [3.63, 3.8) is 0 Å². The number of ether oxygens (including phenoxy) is 1. The molecular formula is C36H58N2O4. The van der Waals surface area contributed by atoms with Crippen LogP contribution < -0.4 is 5.32 Å². The van der Waals surface area contributed by atoms with Crippen LogP contribution in [0.4, 0.5) is 0 Å². The molecule has 0 saturated carbocycles. The third-order valence-electron chi connectivity index (χ3n) is 8.92. The number of rotatable bonds is 19. The van der Waals surface area contributed by atoms with Gasteiger partial charge in [0.25, 0.3) is 11.8 Å². The molecule has 0 bridgehead atoms. The second-order valence-electron chi connectivity index (χ2n) is 14.1. The van der Waals surface area contributed by atoms with Crippen molar-refractivity contribution in [3.8, 4) is 0 Å². The van der Waals surface area contributed by atoms with E-state index >= 15 is 0 Å². The minimum atomic E-state index is -0.429. The number of carbonyl (C=O) groups excluding carboxylic acids is 3. The Bertz CT molecular complexity index is 1020. The molecular weight excluding hydrogens is 524 g/mol. The fourth-order valence-corrected chi connectivity index (χ4v) is 7.07. The summed E-state index contributed by atoms with van der Waals surface area (Å²) in [6.07, 6.45) is 22.2. The summed E-state index contributed by atoms with van der Waals surface area (Å²) in [6, 6.07) is 4.58. The summed E-state index contributed by atoms with van der Waals surface area (Å²) in [5.74, 6) is -0.996. The van der Waals surface area contributed by atoms with Gasteiger partial charge in [-0.2, -0.15) is 0 Å². The normalized spacial score (nSPS) is 18.0. The van der Waals surface area contributed by atoms with Crippen LogP contribution >= 0.6 is 0 Å². The predicted octanol–water partition coefficient (Wildman–Crippen LogP) is 9.01. The Balaban J connectivity index is 1.29. The Labute approximate surface area is 255 Å². The van der Waals surface area contributed by atoms with Gasteiger partial charge in [0.1, 0.15) is 0 Å². The van der Waals surface area contributed by atoms with Gasteiger partial charge in [0.15, 0.2) is 0 Å². The number of hydrogen-bond donors (Lipinski definition) is 1. The largest absolute Gasteiger partial charge is 0.462 e. The summed E-state index contributed by atoms with van der Waals surface area (Å²) >= 11 is 0. The first-order valence-corrected chi connectivity index (χ1v) is 17.0. The number of fused-ring (bicyclic) bond motifs is 1. The van der Waals surface area contributed by atoms with E-state index in [4.69, 9.17) is 4.74 Å². The van der Waals surface area contributed by atoms with Crippen molar-refractivity contribution in [2.24, 2.45) is 0 Å². The summed E-state index contributed by atoms with van der Waals surface area (Å²) in [6.45, 7) is 11.1. The summed E-state index contributed by atoms with van der Waals surface area (Å²) in [5.41, 5.74) is 0.640. The van der Waals surface area contributed by atoms with Crippen molar-refractivity contribution in [2.75, 3.05) is 6.61 Å². The highest BCUT2D eigenvalue weighted by Gasteiger charge is 2.47. The van der Waals surface area contributed by atoms with Gasteiger partial charge < -0.3 is 10.1 Å². The quantitative estimate of drug-likeness (QED) is 0.100. The van der Waals surface area contributed by atoms with Gasteiger partial charge in [-0.15, -0.1) is 0 Å². The SMILES string of the molecule is CCCCCCCCCCCCCCCCCCOC(=O)c1ccc2c(c1)C(=O)N(C1CC(C)(C)NC(C)(C)C1)C2=O. The molecule has 1 fully saturated rings. The van der Waals surface area contributed by atoms with Crippen molar-refractivity contribution >= 4 is 17.8 Å². The number of hydrogen-bond acceptors (Lipinski definition) is 5. The molecule has 2 aliphatic rings. The van der Waals surface area contributed by atoms with Gasteiger partial charge in [0.2, 0.25) is 0 Å². The zero-order chi connectivity index (χ0) is 30.6. The number of nitrogens with zero attached hydrogens (tertiary/aromatic N) is 1. The van der Waals surface area contributed by atoms with Crippen LogP contribution in [0.3, 0.4) is 0 Å². The number of carbonyl (C=O) groups is 3. The maximum atomic E-state index is 13.4. The molecule has 3 rings (SSSR count). The fraction of sp³-hybridized carbons (Fsp3) is 0.750. The van der Waals surface area contributed by atoms with Gasteiger partial charge in [-0.25, -0.2) is 4.79 Å². The van der Waals surface area contributed by atoms with Crippen molar-refractivity contribution in [2.45, 2.75) is 167 Å². The van der Waals surface area contributed by atoms with Crippen LogP contribution in [-0.2, 0) is 4.74 Å². The minimum Gasteiger partial charge on any atom is -0.462 e. The fourth-order valence-electron chi connectivity index (χ4n) is 7.07. The van der Waals surface area contributed by atoms with Crippen LogP contribution in [0.5, 0.6) is 0 Å². The molecule has 0 aromatic heterocycles. The number of piperidine rings is 1. The zero-order valence-electron chi connectivity index (χ0n) is 27.3. The Morgan fingerprint density at radius 3 is 1.69 bits per heavy atom. The molecule has 1 aromatic carbocycles. The standard InChI is InChI=1S/C36H58N2O4/c1-6-7-8-9-10-11-12-13-14-15-16-17-18-19-20-21-24-42-34(41)28-22-23-30-31(25-28)33(40)38(32(30)39)29-26-35(2,3)37-36(4,5)27-29/h22-23,25,29,37H,6-21,24,26-27H2,1-5H3. The van der Waals surface area contributed by atoms with Gasteiger partial charge in [0.05, 0.1) is 23.3 Å². The minimum absolute atomic E-state index is 0.186. The predicted molar refractivity (Wildman–Crippen MR) is 171 cm³/mol.